The minimum absolute atomic E-state index is 0.198. The van der Waals surface area contributed by atoms with E-state index in [0.717, 1.165) is 16.8 Å². The molecule has 0 saturated heterocycles. The van der Waals surface area contributed by atoms with E-state index in [1.165, 1.54) is 7.11 Å². The summed E-state index contributed by atoms with van der Waals surface area (Å²) in [6, 6.07) is 7.76. The van der Waals surface area contributed by atoms with E-state index < -0.39 is 23.8 Å². The number of ether oxygens (including phenoxy) is 2. The zero-order valence-electron chi connectivity index (χ0n) is 18.2. The number of dihydropyridines is 1. The summed E-state index contributed by atoms with van der Waals surface area (Å²) < 4.78 is 10.4. The number of allylic oxidation sites excluding steroid dienone is 3. The number of methoxy groups -OCH3 is 1. The Hall–Kier alpha value is -2.89. The van der Waals surface area contributed by atoms with Gasteiger partial charge in [-0.2, -0.15) is 0 Å². The molecule has 2 aliphatic rings. The minimum Gasteiger partial charge on any atom is -0.468 e. The van der Waals surface area contributed by atoms with Crippen molar-refractivity contribution in [3.63, 3.8) is 0 Å². The van der Waals surface area contributed by atoms with Gasteiger partial charge < -0.3 is 14.8 Å². The lowest BCUT2D eigenvalue weighted by molar-refractivity contribution is -0.151. The van der Waals surface area contributed by atoms with Crippen LogP contribution in [0.2, 0.25) is 0 Å². The van der Waals surface area contributed by atoms with Gasteiger partial charge in [0, 0.05) is 22.9 Å². The molecule has 3 rings (SSSR count). The van der Waals surface area contributed by atoms with Gasteiger partial charge in [-0.25, -0.2) is 4.79 Å². The first-order valence-electron chi connectivity index (χ1n) is 10.4. The summed E-state index contributed by atoms with van der Waals surface area (Å²) in [7, 11) is 1.29. The lowest BCUT2D eigenvalue weighted by Crippen LogP contribution is -2.43. The molecule has 0 unspecified atom stereocenters. The second-order valence-corrected chi connectivity index (χ2v) is 8.08. The molecular weight excluding hydrogens is 382 g/mol. The molecule has 6 nitrogen and oxygen atoms in total. The maximum atomic E-state index is 13.5. The van der Waals surface area contributed by atoms with Crippen LogP contribution >= 0.6 is 0 Å². The number of nitrogens with one attached hydrogen (secondary N) is 1. The smallest absolute Gasteiger partial charge is 0.336 e. The molecule has 160 valence electrons. The largest absolute Gasteiger partial charge is 0.468 e. The Labute approximate surface area is 177 Å². The quantitative estimate of drug-likeness (QED) is 0.589. The van der Waals surface area contributed by atoms with Gasteiger partial charge in [0.15, 0.2) is 5.78 Å². The average molecular weight is 411 g/mol. The highest BCUT2D eigenvalue weighted by atomic mass is 16.5. The van der Waals surface area contributed by atoms with Crippen molar-refractivity contribution in [3.8, 4) is 0 Å². The topological polar surface area (TPSA) is 81.7 Å². The van der Waals surface area contributed by atoms with Gasteiger partial charge in [-0.15, -0.1) is 0 Å². The van der Waals surface area contributed by atoms with Crippen LogP contribution in [0.15, 0.2) is 46.8 Å². The highest BCUT2D eigenvalue weighted by Crippen LogP contribution is 2.45. The molecular formula is C24H29NO5. The molecule has 0 fully saturated rings. The molecule has 0 bridgehead atoms. The Kier molecular flexibility index (Phi) is 6.44. The van der Waals surface area contributed by atoms with Crippen molar-refractivity contribution in [1.82, 2.24) is 5.32 Å². The Morgan fingerprint density at radius 2 is 1.83 bits per heavy atom. The molecule has 1 aromatic carbocycles. The number of carbonyl (C=O) groups excluding carboxylic acids is 3. The molecule has 6 heteroatoms. The monoisotopic (exact) mass is 411 g/mol. The van der Waals surface area contributed by atoms with Crippen molar-refractivity contribution >= 4 is 17.7 Å². The molecule has 0 aromatic heterocycles. The van der Waals surface area contributed by atoms with E-state index in [1.807, 2.05) is 52.0 Å². The molecule has 0 spiro atoms. The van der Waals surface area contributed by atoms with Gasteiger partial charge in [-0.1, -0.05) is 43.7 Å². The van der Waals surface area contributed by atoms with Crippen molar-refractivity contribution < 1.29 is 23.9 Å². The van der Waals surface area contributed by atoms with E-state index >= 15 is 0 Å². The fraction of sp³-hybridized carbons (Fsp3) is 0.458. The number of benzene rings is 1. The van der Waals surface area contributed by atoms with Gasteiger partial charge in [0.25, 0.3) is 0 Å². The third-order valence-corrected chi connectivity index (χ3v) is 5.81. The maximum Gasteiger partial charge on any atom is 0.336 e. The van der Waals surface area contributed by atoms with Gasteiger partial charge in [0.2, 0.25) is 0 Å². The normalized spacial score (nSPS) is 23.6. The first-order valence-corrected chi connectivity index (χ1v) is 10.4. The second kappa shape index (κ2) is 8.86. The molecule has 0 saturated carbocycles. The van der Waals surface area contributed by atoms with E-state index in [4.69, 9.17) is 9.47 Å². The zero-order valence-corrected chi connectivity index (χ0v) is 18.2. The van der Waals surface area contributed by atoms with Crippen LogP contribution in [0.3, 0.4) is 0 Å². The summed E-state index contributed by atoms with van der Waals surface area (Å²) in [6.45, 7) is 7.91. The molecule has 30 heavy (non-hydrogen) atoms. The minimum atomic E-state index is -0.880. The molecule has 1 aliphatic carbocycles. The lowest BCUT2D eigenvalue weighted by atomic mass is 9.69. The number of hydrogen-bond donors (Lipinski definition) is 1. The molecule has 0 radical (unpaired) electrons. The number of carbonyl (C=O) groups is 3. The highest BCUT2D eigenvalue weighted by Gasteiger charge is 2.47. The van der Waals surface area contributed by atoms with Crippen LogP contribution in [0.4, 0.5) is 0 Å². The Balaban J connectivity index is 2.15. The van der Waals surface area contributed by atoms with Gasteiger partial charge in [0.1, 0.15) is 5.92 Å². The maximum absolute atomic E-state index is 13.5. The third kappa shape index (κ3) is 3.91. The van der Waals surface area contributed by atoms with Crippen molar-refractivity contribution in [1.29, 1.82) is 0 Å². The summed E-state index contributed by atoms with van der Waals surface area (Å²) >= 11 is 0. The lowest BCUT2D eigenvalue weighted by Gasteiger charge is -2.38. The van der Waals surface area contributed by atoms with Crippen molar-refractivity contribution in [3.05, 3.63) is 57.9 Å². The fourth-order valence-electron chi connectivity index (χ4n) is 4.32. The number of hydrogen-bond acceptors (Lipinski definition) is 6. The van der Waals surface area contributed by atoms with Crippen LogP contribution in [0.25, 0.3) is 0 Å². The number of esters is 2. The van der Waals surface area contributed by atoms with E-state index in [-0.39, 0.29) is 11.7 Å². The van der Waals surface area contributed by atoms with Crippen LogP contribution in [0.1, 0.15) is 50.7 Å². The first-order chi connectivity index (χ1) is 14.3. The summed E-state index contributed by atoms with van der Waals surface area (Å²) in [5.74, 6) is -2.94. The summed E-state index contributed by atoms with van der Waals surface area (Å²) in [6.07, 6.45) is 1.23. The molecule has 1 heterocycles. The second-order valence-electron chi connectivity index (χ2n) is 8.08. The fourth-order valence-corrected chi connectivity index (χ4v) is 4.32. The van der Waals surface area contributed by atoms with Gasteiger partial charge >= 0.3 is 11.9 Å². The van der Waals surface area contributed by atoms with Crippen LogP contribution in [-0.4, -0.2) is 31.4 Å². The molecule has 1 aliphatic heterocycles. The SMILES string of the molecule is CCCOC(=O)C1=C(C)NC2=C(C(=O)[C@@H](C(=O)OC)[C@H](C)C2)[C@H]1c1ccc(C)cc1. The van der Waals surface area contributed by atoms with E-state index in [0.29, 0.717) is 36.3 Å². The van der Waals surface area contributed by atoms with Crippen molar-refractivity contribution in [2.75, 3.05) is 13.7 Å². The van der Waals surface area contributed by atoms with Crippen LogP contribution in [-0.2, 0) is 23.9 Å². The summed E-state index contributed by atoms with van der Waals surface area (Å²) in [4.78, 5) is 38.9. The van der Waals surface area contributed by atoms with Gasteiger partial charge in [0.05, 0.1) is 19.3 Å². The Bertz CT molecular complexity index is 925. The van der Waals surface area contributed by atoms with Crippen LogP contribution < -0.4 is 5.32 Å². The predicted octanol–water partition coefficient (Wildman–Crippen LogP) is 3.56. The Morgan fingerprint density at radius 1 is 1.17 bits per heavy atom. The predicted molar refractivity (Wildman–Crippen MR) is 112 cm³/mol. The first kappa shape index (κ1) is 21.8. The molecule has 0 amide bonds. The van der Waals surface area contributed by atoms with Gasteiger partial charge in [-0.05, 0) is 38.2 Å². The molecule has 1 aromatic rings. The summed E-state index contributed by atoms with van der Waals surface area (Å²) in [5.41, 5.74) is 4.22. The number of rotatable bonds is 5. The molecule has 1 N–H and O–H groups in total. The van der Waals surface area contributed by atoms with E-state index in [9.17, 15) is 14.4 Å². The summed E-state index contributed by atoms with van der Waals surface area (Å²) in [5, 5.41) is 3.26. The number of aryl methyl sites for hydroxylation is 1. The van der Waals surface area contributed by atoms with Gasteiger partial charge in [-0.3, -0.25) is 9.59 Å². The van der Waals surface area contributed by atoms with Crippen molar-refractivity contribution in [2.45, 2.75) is 46.5 Å². The highest BCUT2D eigenvalue weighted by molar-refractivity contribution is 6.12. The average Bonchev–Trinajstić information content (AvgIpc) is 2.71. The third-order valence-electron chi connectivity index (χ3n) is 5.81. The number of Topliss-reactive ketones (excluding diaryl/α,β-unsaturated/α-hetero) is 1. The van der Waals surface area contributed by atoms with Crippen molar-refractivity contribution in [2.24, 2.45) is 11.8 Å². The van der Waals surface area contributed by atoms with Crippen LogP contribution in [0, 0.1) is 18.8 Å². The Morgan fingerprint density at radius 3 is 2.43 bits per heavy atom. The van der Waals surface area contributed by atoms with E-state index in [1.54, 1.807) is 0 Å². The standard InChI is InChI=1S/C24H29NO5/c1-6-11-30-24(28)19-15(4)25-17-12-14(3)18(23(27)29-5)22(26)21(17)20(19)16-9-7-13(2)8-10-16/h7-10,14,18,20,25H,6,11-12H2,1-5H3/t14-,18+,20+/m1/s1. The zero-order chi connectivity index (χ0) is 22.0. The van der Waals surface area contributed by atoms with Crippen LogP contribution in [0.5, 0.6) is 0 Å². The number of ketones is 1. The van der Waals surface area contributed by atoms with E-state index in [2.05, 4.69) is 5.32 Å². The molecule has 3 atom stereocenters.